The maximum absolute atomic E-state index is 12.3. The third-order valence-corrected chi connectivity index (χ3v) is 4.53. The Morgan fingerprint density at radius 2 is 1.95 bits per heavy atom. The summed E-state index contributed by atoms with van der Waals surface area (Å²) in [6, 6.07) is 6.90. The van der Waals surface area contributed by atoms with E-state index in [9.17, 15) is 9.59 Å². The molecular weight excluding hydrogens is 240 g/mol. The van der Waals surface area contributed by atoms with Crippen molar-refractivity contribution in [2.45, 2.75) is 25.7 Å². The van der Waals surface area contributed by atoms with Crippen LogP contribution in [-0.4, -0.2) is 11.8 Å². The van der Waals surface area contributed by atoms with E-state index in [0.717, 1.165) is 12.3 Å². The normalized spacial score (nSPS) is 28.3. The molecule has 3 rings (SSSR count). The summed E-state index contributed by atoms with van der Waals surface area (Å²) in [5, 5.41) is 2.88. The summed E-state index contributed by atoms with van der Waals surface area (Å²) in [7, 11) is 0. The molecule has 3 atom stereocenters. The van der Waals surface area contributed by atoms with Crippen LogP contribution in [0.2, 0.25) is 0 Å². The summed E-state index contributed by atoms with van der Waals surface area (Å²) in [6.07, 6.45) is 4.62. The number of anilines is 1. The molecule has 0 aromatic heterocycles. The minimum atomic E-state index is -0.510. The molecule has 19 heavy (non-hydrogen) atoms. The third kappa shape index (κ3) is 2.23. The van der Waals surface area contributed by atoms with Gasteiger partial charge in [-0.05, 0) is 43.2 Å². The van der Waals surface area contributed by atoms with Crippen molar-refractivity contribution in [2.75, 3.05) is 5.32 Å². The van der Waals surface area contributed by atoms with E-state index in [1.807, 2.05) is 0 Å². The number of amides is 2. The van der Waals surface area contributed by atoms with E-state index < -0.39 is 5.91 Å². The highest BCUT2D eigenvalue weighted by molar-refractivity contribution is 6.03. The van der Waals surface area contributed by atoms with Crippen molar-refractivity contribution in [1.29, 1.82) is 0 Å². The van der Waals surface area contributed by atoms with Crippen molar-refractivity contribution >= 4 is 17.5 Å². The number of rotatable bonds is 3. The lowest BCUT2D eigenvalue weighted by atomic mass is 9.88. The minimum Gasteiger partial charge on any atom is -0.366 e. The van der Waals surface area contributed by atoms with Crippen molar-refractivity contribution in [3.05, 3.63) is 29.8 Å². The number of primary amides is 1. The van der Waals surface area contributed by atoms with Crippen molar-refractivity contribution < 1.29 is 9.59 Å². The number of carbonyl (C=O) groups excluding carboxylic acids is 2. The average molecular weight is 258 g/mol. The molecule has 1 aromatic carbocycles. The molecule has 3 N–H and O–H groups in total. The Kier molecular flexibility index (Phi) is 3.01. The molecule has 100 valence electrons. The van der Waals surface area contributed by atoms with Crippen LogP contribution < -0.4 is 11.1 Å². The summed E-state index contributed by atoms with van der Waals surface area (Å²) in [4.78, 5) is 23.6. The molecule has 0 saturated heterocycles. The molecule has 2 fully saturated rings. The molecule has 0 heterocycles. The van der Waals surface area contributed by atoms with Gasteiger partial charge in [-0.1, -0.05) is 18.6 Å². The number of fused-ring (bicyclic) bond motifs is 2. The smallest absolute Gasteiger partial charge is 0.250 e. The van der Waals surface area contributed by atoms with Gasteiger partial charge >= 0.3 is 0 Å². The fraction of sp³-hybridized carbons (Fsp3) is 0.467. The van der Waals surface area contributed by atoms with Gasteiger partial charge in [0.15, 0.2) is 0 Å². The average Bonchev–Trinajstić information content (AvgIpc) is 3.01. The van der Waals surface area contributed by atoms with Crippen LogP contribution in [0.3, 0.4) is 0 Å². The number of carbonyl (C=O) groups is 2. The van der Waals surface area contributed by atoms with Gasteiger partial charge in [0, 0.05) is 5.92 Å². The van der Waals surface area contributed by atoms with Gasteiger partial charge in [-0.2, -0.15) is 0 Å². The molecular formula is C15H18N2O2. The maximum Gasteiger partial charge on any atom is 0.250 e. The summed E-state index contributed by atoms with van der Waals surface area (Å²) >= 11 is 0. The van der Waals surface area contributed by atoms with Gasteiger partial charge in [-0.3, -0.25) is 9.59 Å². The molecule has 4 heteroatoms. The van der Waals surface area contributed by atoms with Crippen LogP contribution in [0.1, 0.15) is 36.0 Å². The Morgan fingerprint density at radius 3 is 2.58 bits per heavy atom. The number of nitrogens with one attached hydrogen (secondary N) is 1. The lowest BCUT2D eigenvalue weighted by molar-refractivity contribution is -0.121. The standard InChI is InChI=1S/C15H18N2O2/c16-14(18)11-3-1-2-4-13(11)17-15(19)12-8-9-5-6-10(12)7-9/h1-4,9-10,12H,5-8H2,(H2,16,18)(H,17,19)/t9-,10-,12+/m1/s1. The predicted molar refractivity (Wildman–Crippen MR) is 72.5 cm³/mol. The van der Waals surface area contributed by atoms with Crippen LogP contribution in [0.25, 0.3) is 0 Å². The lowest BCUT2D eigenvalue weighted by Crippen LogP contribution is -2.28. The third-order valence-electron chi connectivity index (χ3n) is 4.53. The van der Waals surface area contributed by atoms with E-state index >= 15 is 0 Å². The van der Waals surface area contributed by atoms with Gasteiger partial charge in [-0.15, -0.1) is 0 Å². The number of hydrogen-bond acceptors (Lipinski definition) is 2. The highest BCUT2D eigenvalue weighted by atomic mass is 16.2. The molecule has 2 amide bonds. The Morgan fingerprint density at radius 1 is 1.16 bits per heavy atom. The molecule has 2 aliphatic carbocycles. The monoisotopic (exact) mass is 258 g/mol. The molecule has 0 spiro atoms. The van der Waals surface area contributed by atoms with Crippen LogP contribution in [0, 0.1) is 17.8 Å². The van der Waals surface area contributed by atoms with E-state index in [1.54, 1.807) is 24.3 Å². The Labute approximate surface area is 112 Å². The Balaban J connectivity index is 1.75. The number of benzene rings is 1. The summed E-state index contributed by atoms with van der Waals surface area (Å²) in [6.45, 7) is 0. The second-order valence-electron chi connectivity index (χ2n) is 5.68. The van der Waals surface area contributed by atoms with E-state index in [4.69, 9.17) is 5.73 Å². The summed E-state index contributed by atoms with van der Waals surface area (Å²) in [5.74, 6) is 0.905. The zero-order valence-corrected chi connectivity index (χ0v) is 10.8. The zero-order chi connectivity index (χ0) is 13.4. The lowest BCUT2D eigenvalue weighted by Gasteiger charge is -2.21. The van der Waals surface area contributed by atoms with Crippen LogP contribution >= 0.6 is 0 Å². The van der Waals surface area contributed by atoms with E-state index in [2.05, 4.69) is 5.32 Å². The SMILES string of the molecule is NC(=O)c1ccccc1NC(=O)[C@H]1C[C@@H]2CC[C@@H]1C2. The Bertz CT molecular complexity index is 527. The first kappa shape index (κ1) is 12.2. The molecule has 4 nitrogen and oxygen atoms in total. The first-order chi connectivity index (χ1) is 9.15. The van der Waals surface area contributed by atoms with Crippen molar-refractivity contribution in [1.82, 2.24) is 0 Å². The fourth-order valence-corrected chi connectivity index (χ4v) is 3.60. The highest BCUT2D eigenvalue weighted by Gasteiger charge is 2.43. The zero-order valence-electron chi connectivity index (χ0n) is 10.8. The molecule has 2 saturated carbocycles. The number of para-hydroxylation sites is 1. The molecule has 0 unspecified atom stereocenters. The summed E-state index contributed by atoms with van der Waals surface area (Å²) < 4.78 is 0. The van der Waals surface area contributed by atoms with E-state index in [1.165, 1.54) is 19.3 Å². The number of hydrogen-bond donors (Lipinski definition) is 2. The first-order valence-electron chi connectivity index (χ1n) is 6.85. The molecule has 1 aromatic rings. The quantitative estimate of drug-likeness (QED) is 0.872. The van der Waals surface area contributed by atoms with Crippen LogP contribution in [0.4, 0.5) is 5.69 Å². The summed E-state index contributed by atoms with van der Waals surface area (Å²) in [5.41, 5.74) is 6.22. The predicted octanol–water partition coefficient (Wildman–Crippen LogP) is 2.16. The van der Waals surface area contributed by atoms with Gasteiger partial charge < -0.3 is 11.1 Å². The minimum absolute atomic E-state index is 0.0425. The van der Waals surface area contributed by atoms with Gasteiger partial charge in [0.25, 0.3) is 5.91 Å². The van der Waals surface area contributed by atoms with E-state index in [-0.39, 0.29) is 11.8 Å². The van der Waals surface area contributed by atoms with Crippen molar-refractivity contribution in [2.24, 2.45) is 23.5 Å². The Hall–Kier alpha value is -1.84. The van der Waals surface area contributed by atoms with Crippen LogP contribution in [0.5, 0.6) is 0 Å². The largest absolute Gasteiger partial charge is 0.366 e. The maximum atomic E-state index is 12.3. The van der Waals surface area contributed by atoms with E-state index in [0.29, 0.717) is 17.2 Å². The topological polar surface area (TPSA) is 72.2 Å². The molecule has 0 aliphatic heterocycles. The van der Waals surface area contributed by atoms with Crippen molar-refractivity contribution in [3.8, 4) is 0 Å². The first-order valence-corrected chi connectivity index (χ1v) is 6.85. The second-order valence-corrected chi connectivity index (χ2v) is 5.68. The second kappa shape index (κ2) is 4.68. The van der Waals surface area contributed by atoms with Gasteiger partial charge in [0.05, 0.1) is 11.3 Å². The van der Waals surface area contributed by atoms with Gasteiger partial charge in [0.2, 0.25) is 5.91 Å². The molecule has 2 bridgehead atoms. The van der Waals surface area contributed by atoms with Gasteiger partial charge in [-0.25, -0.2) is 0 Å². The fourth-order valence-electron chi connectivity index (χ4n) is 3.60. The van der Waals surface area contributed by atoms with Crippen LogP contribution in [-0.2, 0) is 4.79 Å². The number of nitrogens with two attached hydrogens (primary N) is 1. The molecule has 0 radical (unpaired) electrons. The van der Waals surface area contributed by atoms with Crippen LogP contribution in [0.15, 0.2) is 24.3 Å². The van der Waals surface area contributed by atoms with Gasteiger partial charge in [0.1, 0.15) is 0 Å². The van der Waals surface area contributed by atoms with Crippen molar-refractivity contribution in [3.63, 3.8) is 0 Å². The molecule has 2 aliphatic rings. The highest BCUT2D eigenvalue weighted by Crippen LogP contribution is 2.48.